The van der Waals surface area contributed by atoms with Crippen molar-refractivity contribution < 1.29 is 9.59 Å². The highest BCUT2D eigenvalue weighted by Crippen LogP contribution is 2.30. The lowest BCUT2D eigenvalue weighted by molar-refractivity contribution is -0.117. The van der Waals surface area contributed by atoms with Gasteiger partial charge in [0.2, 0.25) is 5.91 Å². The number of nitrogens with one attached hydrogen (secondary N) is 1. The van der Waals surface area contributed by atoms with Gasteiger partial charge in [0.1, 0.15) is 0 Å². The van der Waals surface area contributed by atoms with Crippen molar-refractivity contribution >= 4 is 17.5 Å². The van der Waals surface area contributed by atoms with E-state index in [2.05, 4.69) is 12.2 Å². The Morgan fingerprint density at radius 3 is 2.70 bits per heavy atom. The van der Waals surface area contributed by atoms with E-state index in [1.807, 2.05) is 20.0 Å². The summed E-state index contributed by atoms with van der Waals surface area (Å²) in [6.45, 7) is 4.08. The van der Waals surface area contributed by atoms with E-state index in [0.29, 0.717) is 11.3 Å². The van der Waals surface area contributed by atoms with Crippen molar-refractivity contribution in [3.05, 3.63) is 29.8 Å². The van der Waals surface area contributed by atoms with Crippen LogP contribution < -0.4 is 5.32 Å². The molecular formula is C16H22N2O2. The van der Waals surface area contributed by atoms with Crippen LogP contribution in [-0.4, -0.2) is 29.8 Å². The van der Waals surface area contributed by atoms with Crippen molar-refractivity contribution in [2.24, 2.45) is 5.92 Å². The fraction of sp³-hybridized carbons (Fsp3) is 0.500. The fourth-order valence-electron chi connectivity index (χ4n) is 2.00. The third-order valence-corrected chi connectivity index (χ3v) is 3.90. The molecule has 0 spiro atoms. The summed E-state index contributed by atoms with van der Waals surface area (Å²) in [6.07, 6.45) is 2.86. The van der Waals surface area contributed by atoms with Crippen molar-refractivity contribution in [3.63, 3.8) is 0 Å². The van der Waals surface area contributed by atoms with Crippen LogP contribution in [0, 0.1) is 5.92 Å². The number of carbonyl (C=O) groups excluding carboxylic acids is 2. The zero-order valence-electron chi connectivity index (χ0n) is 12.3. The van der Waals surface area contributed by atoms with Crippen molar-refractivity contribution in [2.45, 2.75) is 39.2 Å². The summed E-state index contributed by atoms with van der Waals surface area (Å²) in [7, 11) is 1.81. The number of benzene rings is 1. The van der Waals surface area contributed by atoms with Crippen LogP contribution in [0.1, 0.15) is 43.5 Å². The molecule has 1 aliphatic carbocycles. The molecule has 1 N–H and O–H groups in total. The summed E-state index contributed by atoms with van der Waals surface area (Å²) < 4.78 is 0. The van der Waals surface area contributed by atoms with Crippen LogP contribution in [0.2, 0.25) is 0 Å². The average molecular weight is 274 g/mol. The molecule has 0 heterocycles. The molecule has 1 saturated carbocycles. The molecule has 1 fully saturated rings. The number of anilines is 1. The number of amides is 2. The van der Waals surface area contributed by atoms with Crippen molar-refractivity contribution in [3.8, 4) is 0 Å². The standard InChI is InChI=1S/C16H22N2O2/c1-4-11(2)18(3)16(20)13-6-5-7-14(10-13)17-15(19)12-8-9-12/h5-7,10-12H,4,8-9H2,1-3H3,(H,17,19). The molecular weight excluding hydrogens is 252 g/mol. The Morgan fingerprint density at radius 2 is 2.10 bits per heavy atom. The quantitative estimate of drug-likeness (QED) is 0.897. The van der Waals surface area contributed by atoms with Gasteiger partial charge in [-0.2, -0.15) is 0 Å². The van der Waals surface area contributed by atoms with Gasteiger partial charge in [0.05, 0.1) is 0 Å². The summed E-state index contributed by atoms with van der Waals surface area (Å²) >= 11 is 0. The molecule has 0 aromatic heterocycles. The van der Waals surface area contributed by atoms with Gasteiger partial charge in [-0.25, -0.2) is 0 Å². The number of nitrogens with zero attached hydrogens (tertiary/aromatic N) is 1. The van der Waals surface area contributed by atoms with Crippen LogP contribution in [0.3, 0.4) is 0 Å². The molecule has 0 saturated heterocycles. The Bertz CT molecular complexity index is 509. The normalized spacial score (nSPS) is 15.6. The van der Waals surface area contributed by atoms with Crippen LogP contribution in [0.25, 0.3) is 0 Å². The van der Waals surface area contributed by atoms with Crippen LogP contribution in [-0.2, 0) is 4.79 Å². The first-order valence-electron chi connectivity index (χ1n) is 7.21. The van der Waals surface area contributed by atoms with Gasteiger partial charge in [-0.15, -0.1) is 0 Å². The molecule has 2 rings (SSSR count). The Morgan fingerprint density at radius 1 is 1.40 bits per heavy atom. The maximum atomic E-state index is 12.3. The Kier molecular flexibility index (Phi) is 4.42. The van der Waals surface area contributed by atoms with Gasteiger partial charge in [0, 0.05) is 30.3 Å². The third-order valence-electron chi connectivity index (χ3n) is 3.90. The first kappa shape index (κ1) is 14.6. The summed E-state index contributed by atoms with van der Waals surface area (Å²) in [5.41, 5.74) is 1.31. The van der Waals surface area contributed by atoms with Gasteiger partial charge >= 0.3 is 0 Å². The number of hydrogen-bond donors (Lipinski definition) is 1. The highest BCUT2D eigenvalue weighted by Gasteiger charge is 2.29. The number of rotatable bonds is 5. The number of hydrogen-bond acceptors (Lipinski definition) is 2. The molecule has 1 unspecified atom stereocenters. The van der Waals surface area contributed by atoms with Crippen molar-refractivity contribution in [1.29, 1.82) is 0 Å². The summed E-state index contributed by atoms with van der Waals surface area (Å²) in [6, 6.07) is 7.36. The molecule has 20 heavy (non-hydrogen) atoms. The van der Waals surface area contributed by atoms with E-state index in [1.165, 1.54) is 0 Å². The van der Waals surface area contributed by atoms with Crippen molar-refractivity contribution in [2.75, 3.05) is 12.4 Å². The zero-order chi connectivity index (χ0) is 14.7. The van der Waals surface area contributed by atoms with Gasteiger partial charge in [-0.3, -0.25) is 9.59 Å². The first-order chi connectivity index (χ1) is 9.52. The summed E-state index contributed by atoms with van der Waals surface area (Å²) in [5, 5.41) is 2.87. The maximum absolute atomic E-state index is 12.3. The first-order valence-corrected chi connectivity index (χ1v) is 7.21. The van der Waals surface area contributed by atoms with Crippen LogP contribution in [0.5, 0.6) is 0 Å². The maximum Gasteiger partial charge on any atom is 0.253 e. The summed E-state index contributed by atoms with van der Waals surface area (Å²) in [4.78, 5) is 25.8. The zero-order valence-corrected chi connectivity index (χ0v) is 12.3. The smallest absolute Gasteiger partial charge is 0.253 e. The lowest BCUT2D eigenvalue weighted by Crippen LogP contribution is -2.34. The molecule has 4 nitrogen and oxygen atoms in total. The van der Waals surface area contributed by atoms with E-state index in [4.69, 9.17) is 0 Å². The molecule has 1 atom stereocenters. The lowest BCUT2D eigenvalue weighted by Gasteiger charge is -2.24. The van der Waals surface area contributed by atoms with E-state index in [1.54, 1.807) is 23.1 Å². The van der Waals surface area contributed by atoms with E-state index in [-0.39, 0.29) is 23.8 Å². The molecule has 0 aliphatic heterocycles. The topological polar surface area (TPSA) is 49.4 Å². The molecule has 0 bridgehead atoms. The molecule has 2 amide bonds. The predicted molar refractivity (Wildman–Crippen MR) is 79.6 cm³/mol. The van der Waals surface area contributed by atoms with E-state index >= 15 is 0 Å². The minimum atomic E-state index is -0.0122. The van der Waals surface area contributed by atoms with E-state index < -0.39 is 0 Å². The second-order valence-corrected chi connectivity index (χ2v) is 5.52. The minimum Gasteiger partial charge on any atom is -0.339 e. The third kappa shape index (κ3) is 3.38. The van der Waals surface area contributed by atoms with Crippen molar-refractivity contribution in [1.82, 2.24) is 4.90 Å². The SMILES string of the molecule is CCC(C)N(C)C(=O)c1cccc(NC(=O)C2CC2)c1. The number of carbonyl (C=O) groups is 2. The Labute approximate surface area is 120 Å². The average Bonchev–Trinajstić information content (AvgIpc) is 3.29. The van der Waals surface area contributed by atoms with Gasteiger partial charge < -0.3 is 10.2 Å². The van der Waals surface area contributed by atoms with Crippen LogP contribution in [0.4, 0.5) is 5.69 Å². The van der Waals surface area contributed by atoms with Gasteiger partial charge in [-0.05, 0) is 44.4 Å². The molecule has 1 aliphatic rings. The summed E-state index contributed by atoms with van der Waals surface area (Å²) in [5.74, 6) is 0.212. The highest BCUT2D eigenvalue weighted by molar-refractivity contribution is 5.98. The Hall–Kier alpha value is -1.84. The van der Waals surface area contributed by atoms with Crippen LogP contribution in [0.15, 0.2) is 24.3 Å². The van der Waals surface area contributed by atoms with Crippen LogP contribution >= 0.6 is 0 Å². The second-order valence-electron chi connectivity index (χ2n) is 5.52. The molecule has 1 aromatic carbocycles. The molecule has 0 radical (unpaired) electrons. The monoisotopic (exact) mass is 274 g/mol. The fourth-order valence-corrected chi connectivity index (χ4v) is 2.00. The minimum absolute atomic E-state index is 0.0122. The Balaban J connectivity index is 2.08. The molecule has 1 aromatic rings. The van der Waals surface area contributed by atoms with Gasteiger partial charge in [0.25, 0.3) is 5.91 Å². The van der Waals surface area contributed by atoms with E-state index in [9.17, 15) is 9.59 Å². The lowest BCUT2D eigenvalue weighted by atomic mass is 10.1. The predicted octanol–water partition coefficient (Wildman–Crippen LogP) is 2.91. The molecule has 108 valence electrons. The van der Waals surface area contributed by atoms with E-state index in [0.717, 1.165) is 19.3 Å². The molecule has 4 heteroatoms. The largest absolute Gasteiger partial charge is 0.339 e. The highest BCUT2D eigenvalue weighted by atomic mass is 16.2. The second kappa shape index (κ2) is 6.07. The van der Waals surface area contributed by atoms with Gasteiger partial charge in [0.15, 0.2) is 0 Å². The van der Waals surface area contributed by atoms with Gasteiger partial charge in [-0.1, -0.05) is 13.0 Å².